The zero-order chi connectivity index (χ0) is 15.4. The molecule has 0 rings (SSSR count). The van der Waals surface area contributed by atoms with Gasteiger partial charge in [0.15, 0.2) is 0 Å². The van der Waals surface area contributed by atoms with E-state index >= 15 is 0 Å². The van der Waals surface area contributed by atoms with Crippen LogP contribution in [0.1, 0.15) is 65.2 Å². The molecule has 1 atom stereocenters. The molecule has 6 nitrogen and oxygen atoms in total. The van der Waals surface area contributed by atoms with Crippen LogP contribution in [0.4, 0.5) is 4.79 Å². The highest BCUT2D eigenvalue weighted by molar-refractivity contribution is 5.94. The lowest BCUT2D eigenvalue weighted by atomic mass is 10.1. The van der Waals surface area contributed by atoms with Gasteiger partial charge in [-0.05, 0) is 19.8 Å². The van der Waals surface area contributed by atoms with Gasteiger partial charge in [0.25, 0.3) is 0 Å². The van der Waals surface area contributed by atoms with E-state index < -0.39 is 17.9 Å². The quantitative estimate of drug-likeness (QED) is 0.537. The van der Waals surface area contributed by atoms with Gasteiger partial charge in [-0.2, -0.15) is 0 Å². The number of carbonyl (C=O) groups is 3. The minimum atomic E-state index is -0.942. The van der Waals surface area contributed by atoms with Gasteiger partial charge in [-0.3, -0.25) is 14.9 Å². The van der Waals surface area contributed by atoms with E-state index in [9.17, 15) is 14.4 Å². The predicted molar refractivity (Wildman–Crippen MR) is 76.4 cm³/mol. The SMILES string of the molecule is CCCCCCC(C)NC(=O)NC(=O)CCCC(=O)O. The number of carboxylic acids is 1. The second-order valence-electron chi connectivity index (χ2n) is 5.02. The second-order valence-corrected chi connectivity index (χ2v) is 5.02. The number of hydrogen-bond donors (Lipinski definition) is 3. The summed E-state index contributed by atoms with van der Waals surface area (Å²) in [6, 6.07) is -0.480. The summed E-state index contributed by atoms with van der Waals surface area (Å²) < 4.78 is 0. The summed E-state index contributed by atoms with van der Waals surface area (Å²) in [7, 11) is 0. The van der Waals surface area contributed by atoms with Gasteiger partial charge in [-0.15, -0.1) is 0 Å². The number of carboxylic acid groups (broad SMARTS) is 1. The van der Waals surface area contributed by atoms with E-state index in [1.807, 2.05) is 6.92 Å². The molecule has 0 aromatic carbocycles. The number of amides is 3. The molecule has 0 bridgehead atoms. The Morgan fingerprint density at radius 1 is 1.05 bits per heavy atom. The number of hydrogen-bond acceptors (Lipinski definition) is 3. The standard InChI is InChI=1S/C14H26N2O4/c1-3-4-5-6-8-11(2)15-14(20)16-12(17)9-7-10-13(18)19/h11H,3-10H2,1-2H3,(H,18,19)(H2,15,16,17,20). The molecule has 1 unspecified atom stereocenters. The molecular formula is C14H26N2O4. The summed E-state index contributed by atoms with van der Waals surface area (Å²) in [4.78, 5) is 33.1. The molecule has 116 valence electrons. The van der Waals surface area contributed by atoms with Crippen molar-refractivity contribution < 1.29 is 19.5 Å². The van der Waals surface area contributed by atoms with Crippen molar-refractivity contribution in [2.45, 2.75) is 71.3 Å². The van der Waals surface area contributed by atoms with E-state index in [0.29, 0.717) is 0 Å². The van der Waals surface area contributed by atoms with Crippen LogP contribution in [0.15, 0.2) is 0 Å². The van der Waals surface area contributed by atoms with E-state index in [1.54, 1.807) is 0 Å². The van der Waals surface area contributed by atoms with E-state index in [1.165, 1.54) is 12.8 Å². The molecule has 0 aromatic rings. The summed E-state index contributed by atoms with van der Waals surface area (Å²) in [6.45, 7) is 4.05. The van der Waals surface area contributed by atoms with Crippen LogP contribution < -0.4 is 10.6 Å². The van der Waals surface area contributed by atoms with Gasteiger partial charge in [-0.25, -0.2) is 4.79 Å². The monoisotopic (exact) mass is 286 g/mol. The number of rotatable bonds is 10. The Bertz CT molecular complexity index is 318. The Balaban J connectivity index is 3.69. The summed E-state index contributed by atoms with van der Waals surface area (Å²) in [5.74, 6) is -1.38. The van der Waals surface area contributed by atoms with Crippen molar-refractivity contribution in [3.05, 3.63) is 0 Å². The van der Waals surface area contributed by atoms with Crippen LogP contribution in [-0.4, -0.2) is 29.1 Å². The van der Waals surface area contributed by atoms with E-state index in [2.05, 4.69) is 17.6 Å². The second kappa shape index (κ2) is 11.3. The molecule has 0 radical (unpaired) electrons. The first-order valence-corrected chi connectivity index (χ1v) is 7.27. The van der Waals surface area contributed by atoms with E-state index in [-0.39, 0.29) is 25.3 Å². The topological polar surface area (TPSA) is 95.5 Å². The summed E-state index contributed by atoms with van der Waals surface area (Å²) in [6.07, 6.45) is 5.68. The first kappa shape index (κ1) is 18.4. The van der Waals surface area contributed by atoms with Crippen molar-refractivity contribution in [3.8, 4) is 0 Å². The van der Waals surface area contributed by atoms with Crippen molar-refractivity contribution in [2.24, 2.45) is 0 Å². The average molecular weight is 286 g/mol. The van der Waals surface area contributed by atoms with Gasteiger partial charge in [-0.1, -0.05) is 32.6 Å². The maximum Gasteiger partial charge on any atom is 0.321 e. The fourth-order valence-corrected chi connectivity index (χ4v) is 1.80. The Morgan fingerprint density at radius 2 is 1.75 bits per heavy atom. The molecule has 0 heterocycles. The lowest BCUT2D eigenvalue weighted by Gasteiger charge is -2.13. The maximum absolute atomic E-state index is 11.5. The lowest BCUT2D eigenvalue weighted by molar-refractivity contribution is -0.137. The number of imide groups is 1. The third kappa shape index (κ3) is 11.5. The van der Waals surface area contributed by atoms with Crippen molar-refractivity contribution >= 4 is 17.9 Å². The van der Waals surface area contributed by atoms with E-state index in [4.69, 9.17) is 5.11 Å². The fraction of sp³-hybridized carbons (Fsp3) is 0.786. The molecule has 0 aliphatic rings. The number of unbranched alkanes of at least 4 members (excludes halogenated alkanes) is 3. The third-order valence-electron chi connectivity index (χ3n) is 2.92. The number of carbonyl (C=O) groups excluding carboxylic acids is 2. The van der Waals surface area contributed by atoms with Crippen LogP contribution in [0, 0.1) is 0 Å². The highest BCUT2D eigenvalue weighted by atomic mass is 16.4. The van der Waals surface area contributed by atoms with Crippen LogP contribution >= 0.6 is 0 Å². The summed E-state index contributed by atoms with van der Waals surface area (Å²) >= 11 is 0. The molecule has 0 saturated heterocycles. The Labute approximate surface area is 120 Å². The van der Waals surface area contributed by atoms with Gasteiger partial charge in [0.1, 0.15) is 0 Å². The summed E-state index contributed by atoms with van der Waals surface area (Å²) in [5.41, 5.74) is 0. The molecule has 0 spiro atoms. The highest BCUT2D eigenvalue weighted by Gasteiger charge is 2.10. The normalized spacial score (nSPS) is 11.7. The predicted octanol–water partition coefficient (Wildman–Crippen LogP) is 2.43. The zero-order valence-electron chi connectivity index (χ0n) is 12.4. The van der Waals surface area contributed by atoms with Crippen LogP contribution in [0.2, 0.25) is 0 Å². The molecule has 0 aliphatic carbocycles. The number of aliphatic carboxylic acids is 1. The van der Waals surface area contributed by atoms with Crippen LogP contribution in [-0.2, 0) is 9.59 Å². The van der Waals surface area contributed by atoms with Gasteiger partial charge in [0.05, 0.1) is 0 Å². The van der Waals surface area contributed by atoms with Gasteiger partial charge in [0.2, 0.25) is 5.91 Å². The molecule has 3 N–H and O–H groups in total. The first-order valence-electron chi connectivity index (χ1n) is 7.27. The smallest absolute Gasteiger partial charge is 0.321 e. The Kier molecular flexibility index (Phi) is 10.4. The van der Waals surface area contributed by atoms with Crippen molar-refractivity contribution in [2.75, 3.05) is 0 Å². The Hall–Kier alpha value is -1.59. The van der Waals surface area contributed by atoms with Gasteiger partial charge >= 0.3 is 12.0 Å². The minimum absolute atomic E-state index is 0.0266. The third-order valence-corrected chi connectivity index (χ3v) is 2.92. The number of urea groups is 1. The molecule has 20 heavy (non-hydrogen) atoms. The average Bonchev–Trinajstić information content (AvgIpc) is 2.33. The molecule has 0 saturated carbocycles. The van der Waals surface area contributed by atoms with Crippen LogP contribution in [0.25, 0.3) is 0 Å². The van der Waals surface area contributed by atoms with Crippen LogP contribution in [0.3, 0.4) is 0 Å². The zero-order valence-corrected chi connectivity index (χ0v) is 12.4. The van der Waals surface area contributed by atoms with Crippen LogP contribution in [0.5, 0.6) is 0 Å². The molecule has 0 aliphatic heterocycles. The van der Waals surface area contributed by atoms with E-state index in [0.717, 1.165) is 19.3 Å². The van der Waals surface area contributed by atoms with Crippen molar-refractivity contribution in [3.63, 3.8) is 0 Å². The molecule has 0 aromatic heterocycles. The summed E-state index contributed by atoms with van der Waals surface area (Å²) in [5, 5.41) is 13.3. The highest BCUT2D eigenvalue weighted by Crippen LogP contribution is 2.05. The Morgan fingerprint density at radius 3 is 2.35 bits per heavy atom. The molecule has 6 heteroatoms. The first-order chi connectivity index (χ1) is 9.45. The molecular weight excluding hydrogens is 260 g/mol. The molecule has 3 amide bonds. The number of nitrogens with one attached hydrogen (secondary N) is 2. The van der Waals surface area contributed by atoms with Crippen molar-refractivity contribution in [1.29, 1.82) is 0 Å². The largest absolute Gasteiger partial charge is 0.481 e. The maximum atomic E-state index is 11.5. The molecule has 0 fully saturated rings. The fourth-order valence-electron chi connectivity index (χ4n) is 1.80. The minimum Gasteiger partial charge on any atom is -0.481 e. The van der Waals surface area contributed by atoms with Crippen molar-refractivity contribution in [1.82, 2.24) is 10.6 Å². The van der Waals surface area contributed by atoms with Gasteiger partial charge in [0, 0.05) is 18.9 Å². The lowest BCUT2D eigenvalue weighted by Crippen LogP contribution is -2.43. The van der Waals surface area contributed by atoms with Gasteiger partial charge < -0.3 is 10.4 Å².